The molecule has 0 radical (unpaired) electrons. The van der Waals surface area contributed by atoms with Crippen molar-refractivity contribution in [2.45, 2.75) is 32.4 Å². The Kier molecular flexibility index (Phi) is 7.88. The van der Waals surface area contributed by atoms with Gasteiger partial charge in [-0.05, 0) is 78.1 Å². The number of hydrogen-bond donors (Lipinski definition) is 0. The molecule has 164 valence electrons. The topological polar surface area (TPSA) is 42.4 Å². The molecule has 0 unspecified atom stereocenters. The van der Waals surface area contributed by atoms with E-state index in [4.69, 9.17) is 4.74 Å². The number of carbonyl (C=O) groups excluding carboxylic acids is 1. The molecule has 5 heteroatoms. The van der Waals surface area contributed by atoms with Crippen molar-refractivity contribution in [2.24, 2.45) is 5.92 Å². The van der Waals surface area contributed by atoms with E-state index in [2.05, 4.69) is 17.1 Å². The highest BCUT2D eigenvalue weighted by Crippen LogP contribution is 2.21. The third-order valence-corrected chi connectivity index (χ3v) is 6.37. The van der Waals surface area contributed by atoms with E-state index < -0.39 is 0 Å². The Bertz CT molecular complexity index is 1030. The van der Waals surface area contributed by atoms with Crippen molar-refractivity contribution in [3.05, 3.63) is 101 Å². The van der Waals surface area contributed by atoms with Gasteiger partial charge in [0.05, 0.1) is 6.61 Å². The minimum Gasteiger partial charge on any atom is -0.493 e. The summed E-state index contributed by atoms with van der Waals surface area (Å²) in [4.78, 5) is 20.0. The first-order valence-corrected chi connectivity index (χ1v) is 11.9. The molecule has 0 saturated heterocycles. The molecule has 0 N–H and O–H groups in total. The number of ether oxygens (including phenoxy) is 1. The SMILES string of the molecule is O=C(/C=C/c1cccs1)N(Cc1ccncc1)Cc1ccc(OC[C@@H]2CC=CCC2)cc1. The minimum atomic E-state index is -0.0131. The average molecular weight is 445 g/mol. The lowest BCUT2D eigenvalue weighted by atomic mass is 9.95. The maximum atomic E-state index is 13.0. The van der Waals surface area contributed by atoms with Crippen LogP contribution in [0.3, 0.4) is 0 Å². The number of thiophene rings is 1. The molecule has 0 spiro atoms. The molecule has 1 amide bonds. The summed E-state index contributed by atoms with van der Waals surface area (Å²) < 4.78 is 6.00. The van der Waals surface area contributed by atoms with Crippen molar-refractivity contribution >= 4 is 23.3 Å². The number of nitrogens with zero attached hydrogens (tertiary/aromatic N) is 2. The van der Waals surface area contributed by atoms with Crippen LogP contribution in [0.2, 0.25) is 0 Å². The summed E-state index contributed by atoms with van der Waals surface area (Å²) in [6.07, 6.45) is 15.0. The summed E-state index contributed by atoms with van der Waals surface area (Å²) >= 11 is 1.62. The van der Waals surface area contributed by atoms with Crippen LogP contribution in [0, 0.1) is 5.92 Å². The highest BCUT2D eigenvalue weighted by molar-refractivity contribution is 7.10. The number of carbonyl (C=O) groups is 1. The Balaban J connectivity index is 1.40. The van der Waals surface area contributed by atoms with E-state index in [1.807, 2.05) is 64.9 Å². The van der Waals surface area contributed by atoms with E-state index in [-0.39, 0.29) is 5.91 Å². The van der Waals surface area contributed by atoms with Crippen molar-refractivity contribution in [1.82, 2.24) is 9.88 Å². The zero-order valence-electron chi connectivity index (χ0n) is 18.1. The fourth-order valence-electron chi connectivity index (χ4n) is 3.70. The molecule has 0 bridgehead atoms. The highest BCUT2D eigenvalue weighted by atomic mass is 32.1. The summed E-state index contributed by atoms with van der Waals surface area (Å²) in [5, 5.41) is 2.01. The zero-order valence-corrected chi connectivity index (χ0v) is 18.9. The number of aromatic nitrogens is 1. The second-order valence-electron chi connectivity index (χ2n) is 8.00. The van der Waals surface area contributed by atoms with Gasteiger partial charge in [0, 0.05) is 36.4 Å². The number of rotatable bonds is 9. The molecule has 4 nitrogen and oxygen atoms in total. The number of pyridine rings is 1. The Hall–Kier alpha value is -3.18. The number of benzene rings is 1. The number of amides is 1. The predicted octanol–water partition coefficient (Wildman–Crippen LogP) is 6.12. The summed E-state index contributed by atoms with van der Waals surface area (Å²) in [7, 11) is 0. The largest absolute Gasteiger partial charge is 0.493 e. The monoisotopic (exact) mass is 444 g/mol. The smallest absolute Gasteiger partial charge is 0.247 e. The fourth-order valence-corrected chi connectivity index (χ4v) is 4.32. The first-order chi connectivity index (χ1) is 15.8. The summed E-state index contributed by atoms with van der Waals surface area (Å²) in [6.45, 7) is 1.82. The Labute approximate surface area is 193 Å². The molecular formula is C27H28N2O2S. The van der Waals surface area contributed by atoms with Crippen LogP contribution in [0.1, 0.15) is 35.3 Å². The summed E-state index contributed by atoms with van der Waals surface area (Å²) in [6, 6.07) is 16.0. The van der Waals surface area contributed by atoms with Gasteiger partial charge < -0.3 is 9.64 Å². The van der Waals surface area contributed by atoms with Gasteiger partial charge >= 0.3 is 0 Å². The normalized spacial score (nSPS) is 15.7. The number of hydrogen-bond acceptors (Lipinski definition) is 4. The van der Waals surface area contributed by atoms with Gasteiger partial charge in [-0.2, -0.15) is 0 Å². The second-order valence-corrected chi connectivity index (χ2v) is 8.98. The van der Waals surface area contributed by atoms with Crippen molar-refractivity contribution < 1.29 is 9.53 Å². The van der Waals surface area contributed by atoms with Gasteiger partial charge in [-0.25, -0.2) is 0 Å². The third-order valence-electron chi connectivity index (χ3n) is 5.53. The van der Waals surface area contributed by atoms with Crippen LogP contribution in [0.5, 0.6) is 5.75 Å². The van der Waals surface area contributed by atoms with Gasteiger partial charge in [0.2, 0.25) is 5.91 Å². The molecule has 2 aromatic heterocycles. The molecule has 1 aliphatic rings. The average Bonchev–Trinajstić information content (AvgIpc) is 3.37. The van der Waals surface area contributed by atoms with Crippen molar-refractivity contribution in [1.29, 1.82) is 0 Å². The molecule has 32 heavy (non-hydrogen) atoms. The van der Waals surface area contributed by atoms with Crippen LogP contribution in [-0.2, 0) is 17.9 Å². The van der Waals surface area contributed by atoms with Gasteiger partial charge in [0.1, 0.15) is 5.75 Å². The van der Waals surface area contributed by atoms with Gasteiger partial charge in [-0.1, -0.05) is 30.4 Å². The summed E-state index contributed by atoms with van der Waals surface area (Å²) in [5.41, 5.74) is 2.13. The molecule has 0 aliphatic heterocycles. The number of allylic oxidation sites excluding steroid dienone is 2. The first-order valence-electron chi connectivity index (χ1n) is 11.0. The lowest BCUT2D eigenvalue weighted by Gasteiger charge is -2.22. The van der Waals surface area contributed by atoms with E-state index in [9.17, 15) is 4.79 Å². The maximum Gasteiger partial charge on any atom is 0.247 e. The van der Waals surface area contributed by atoms with Crippen molar-refractivity contribution in [2.75, 3.05) is 6.61 Å². The van der Waals surface area contributed by atoms with Gasteiger partial charge in [0.15, 0.2) is 0 Å². The molecule has 3 aromatic rings. The van der Waals surface area contributed by atoms with E-state index in [1.165, 1.54) is 6.42 Å². The fraction of sp³-hybridized carbons (Fsp3) is 0.259. The molecular weight excluding hydrogens is 416 g/mol. The van der Waals surface area contributed by atoms with Gasteiger partial charge in [-0.3, -0.25) is 9.78 Å². The van der Waals surface area contributed by atoms with Crippen LogP contribution >= 0.6 is 11.3 Å². The van der Waals surface area contributed by atoms with E-state index in [0.717, 1.165) is 41.2 Å². The molecule has 0 fully saturated rings. The molecule has 1 atom stereocenters. The molecule has 4 rings (SSSR count). The third kappa shape index (κ3) is 6.66. The Morgan fingerprint density at radius 2 is 1.84 bits per heavy atom. The maximum absolute atomic E-state index is 13.0. The molecule has 0 saturated carbocycles. The molecule has 1 aromatic carbocycles. The van der Waals surface area contributed by atoms with Gasteiger partial charge in [-0.15, -0.1) is 11.3 Å². The standard InChI is InChI=1S/C27H28N2O2S/c30-27(13-12-26-7-4-18-32-26)29(20-23-14-16-28-17-15-23)19-22-8-10-25(11-9-22)31-21-24-5-2-1-3-6-24/h1-2,4,7-18,24H,3,5-6,19-21H2/b13-12+/t24-/m1/s1. The van der Waals surface area contributed by atoms with Crippen LogP contribution in [0.15, 0.2) is 84.5 Å². The predicted molar refractivity (Wildman–Crippen MR) is 130 cm³/mol. The lowest BCUT2D eigenvalue weighted by Crippen LogP contribution is -2.28. The Morgan fingerprint density at radius 3 is 2.53 bits per heavy atom. The minimum absolute atomic E-state index is 0.0131. The Morgan fingerprint density at radius 1 is 1.06 bits per heavy atom. The van der Waals surface area contributed by atoms with Crippen LogP contribution < -0.4 is 4.74 Å². The van der Waals surface area contributed by atoms with Crippen LogP contribution in [0.25, 0.3) is 6.08 Å². The zero-order chi connectivity index (χ0) is 22.0. The molecule has 2 heterocycles. The highest BCUT2D eigenvalue weighted by Gasteiger charge is 2.14. The molecule has 1 aliphatic carbocycles. The first kappa shape index (κ1) is 22.0. The second kappa shape index (κ2) is 11.4. The van der Waals surface area contributed by atoms with Crippen LogP contribution in [-0.4, -0.2) is 22.4 Å². The quantitative estimate of drug-likeness (QED) is 0.295. The lowest BCUT2D eigenvalue weighted by molar-refractivity contribution is -0.127. The van der Waals surface area contributed by atoms with Crippen molar-refractivity contribution in [3.8, 4) is 5.75 Å². The van der Waals surface area contributed by atoms with Crippen LogP contribution in [0.4, 0.5) is 0 Å². The van der Waals surface area contributed by atoms with Gasteiger partial charge in [0.25, 0.3) is 0 Å². The summed E-state index contributed by atoms with van der Waals surface area (Å²) in [5.74, 6) is 1.47. The van der Waals surface area contributed by atoms with E-state index in [0.29, 0.717) is 19.0 Å². The van der Waals surface area contributed by atoms with E-state index >= 15 is 0 Å². The van der Waals surface area contributed by atoms with E-state index in [1.54, 1.807) is 29.8 Å². The van der Waals surface area contributed by atoms with Crippen molar-refractivity contribution in [3.63, 3.8) is 0 Å².